The molecular weight excluding hydrogens is 549 g/mol. The zero-order valence-corrected chi connectivity index (χ0v) is 22.8. The van der Waals surface area contributed by atoms with Crippen LogP contribution in [-0.2, 0) is 14.3 Å². The van der Waals surface area contributed by atoms with E-state index in [-0.39, 0.29) is 43.9 Å². The van der Waals surface area contributed by atoms with Crippen LogP contribution in [0, 0.1) is 0 Å². The molecule has 0 spiro atoms. The minimum atomic E-state index is -1.13. The predicted molar refractivity (Wildman–Crippen MR) is 145 cm³/mol. The number of ketones is 1. The number of Topliss-reactive ketones (excluding diaryl/α,β-unsaturated/α-hetero) is 1. The smallest absolute Gasteiger partial charge is 0.337 e. The van der Waals surface area contributed by atoms with E-state index in [1.54, 1.807) is 24.3 Å². The molecule has 1 amide bonds. The van der Waals surface area contributed by atoms with Crippen molar-refractivity contribution in [2.75, 3.05) is 33.3 Å². The molecule has 39 heavy (non-hydrogen) atoms. The number of hydrogen-bond acceptors (Lipinski definition) is 8. The van der Waals surface area contributed by atoms with Gasteiger partial charge in [-0.1, -0.05) is 41.4 Å². The van der Waals surface area contributed by atoms with Gasteiger partial charge in [-0.3, -0.25) is 14.5 Å². The summed E-state index contributed by atoms with van der Waals surface area (Å²) in [5.41, 5.74) is 0.684. The lowest BCUT2D eigenvalue weighted by Crippen LogP contribution is -2.29. The van der Waals surface area contributed by atoms with Crippen molar-refractivity contribution in [2.24, 2.45) is 0 Å². The van der Waals surface area contributed by atoms with Crippen molar-refractivity contribution in [2.45, 2.75) is 6.04 Å². The maximum Gasteiger partial charge on any atom is 0.337 e. The highest BCUT2D eigenvalue weighted by Gasteiger charge is 2.48. The van der Waals surface area contributed by atoms with Gasteiger partial charge in [-0.15, -0.1) is 0 Å². The number of aliphatic hydroxyl groups excluding tert-OH is 1. The quantitative estimate of drug-likeness (QED) is 0.173. The molecule has 3 aromatic rings. The molecule has 1 heterocycles. The maximum absolute atomic E-state index is 13.5. The zero-order chi connectivity index (χ0) is 28.4. The highest BCUT2D eigenvalue weighted by atomic mass is 35.5. The van der Waals surface area contributed by atoms with E-state index in [0.29, 0.717) is 11.3 Å². The van der Waals surface area contributed by atoms with E-state index in [1.807, 2.05) is 0 Å². The van der Waals surface area contributed by atoms with Gasteiger partial charge in [-0.25, -0.2) is 4.79 Å². The maximum atomic E-state index is 13.5. The molecule has 1 fully saturated rings. The van der Waals surface area contributed by atoms with Crippen molar-refractivity contribution in [1.29, 1.82) is 0 Å². The SMILES string of the molecule is COC(=O)c1ccc(N2C(=O)C(=O)/C(=C(/O)c3cc(Cl)c(OC)c(Cl)c3OC)C2c2ccccc2OC)cc1. The van der Waals surface area contributed by atoms with Gasteiger partial charge in [0.1, 0.15) is 16.5 Å². The van der Waals surface area contributed by atoms with Crippen molar-refractivity contribution in [3.8, 4) is 17.2 Å². The van der Waals surface area contributed by atoms with Crippen LogP contribution in [0.2, 0.25) is 10.0 Å². The van der Waals surface area contributed by atoms with Crippen molar-refractivity contribution in [3.63, 3.8) is 0 Å². The lowest BCUT2D eigenvalue weighted by molar-refractivity contribution is -0.132. The van der Waals surface area contributed by atoms with Gasteiger partial charge < -0.3 is 24.1 Å². The molecule has 0 bridgehead atoms. The Balaban J connectivity index is 2.01. The number of ether oxygens (including phenoxy) is 4. The van der Waals surface area contributed by atoms with Crippen LogP contribution in [0.15, 0.2) is 60.2 Å². The first-order chi connectivity index (χ1) is 18.7. The molecule has 1 saturated heterocycles. The summed E-state index contributed by atoms with van der Waals surface area (Å²) < 4.78 is 20.9. The van der Waals surface area contributed by atoms with Crippen molar-refractivity contribution in [1.82, 2.24) is 0 Å². The van der Waals surface area contributed by atoms with E-state index < -0.39 is 29.5 Å². The van der Waals surface area contributed by atoms with Gasteiger partial charge in [0.25, 0.3) is 11.7 Å². The summed E-state index contributed by atoms with van der Waals surface area (Å²) in [6, 6.07) is 12.9. The number of methoxy groups -OCH3 is 4. The normalized spacial score (nSPS) is 16.3. The fourth-order valence-electron chi connectivity index (χ4n) is 4.45. The Bertz CT molecular complexity index is 1500. The molecule has 0 aromatic heterocycles. The number of para-hydroxylation sites is 1. The average molecular weight is 572 g/mol. The first-order valence-corrected chi connectivity index (χ1v) is 12.2. The molecule has 1 aliphatic rings. The summed E-state index contributed by atoms with van der Waals surface area (Å²) >= 11 is 12.8. The molecule has 1 unspecified atom stereocenters. The van der Waals surface area contributed by atoms with Crippen LogP contribution in [0.5, 0.6) is 17.2 Å². The number of carbonyl (C=O) groups is 3. The number of carbonyl (C=O) groups excluding carboxylic acids is 3. The Morgan fingerprint density at radius 1 is 0.897 bits per heavy atom. The molecule has 3 aromatic carbocycles. The van der Waals surface area contributed by atoms with Crippen LogP contribution >= 0.6 is 23.2 Å². The molecule has 4 rings (SSSR count). The standard InChI is InChI=1S/C28H23Cl2NO8/c1-36-19-8-6-5-7-16(19)22-20(23(32)17-13-18(29)26(38-3)21(30)25(17)37-2)24(33)27(34)31(22)15-11-9-14(10-12-15)28(35)39-4/h5-13,22,32H,1-4H3/b23-20+. The second-order valence-electron chi connectivity index (χ2n) is 8.24. The number of aliphatic hydroxyl groups is 1. The lowest BCUT2D eigenvalue weighted by Gasteiger charge is -2.27. The fraction of sp³-hybridized carbons (Fsp3) is 0.179. The van der Waals surface area contributed by atoms with E-state index in [1.165, 1.54) is 63.7 Å². The van der Waals surface area contributed by atoms with Crippen LogP contribution in [-0.4, -0.2) is 51.2 Å². The number of esters is 1. The molecular formula is C28H23Cl2NO8. The third-order valence-corrected chi connectivity index (χ3v) is 6.86. The second-order valence-corrected chi connectivity index (χ2v) is 9.02. The van der Waals surface area contributed by atoms with Crippen LogP contribution in [0.25, 0.3) is 5.76 Å². The van der Waals surface area contributed by atoms with Crippen LogP contribution in [0.4, 0.5) is 5.69 Å². The number of benzene rings is 3. The van der Waals surface area contributed by atoms with E-state index in [4.69, 9.17) is 42.1 Å². The Kier molecular flexibility index (Phi) is 8.03. The Morgan fingerprint density at radius 3 is 2.13 bits per heavy atom. The van der Waals surface area contributed by atoms with Crippen molar-refractivity contribution < 1.29 is 38.4 Å². The largest absolute Gasteiger partial charge is 0.507 e. The number of anilines is 1. The van der Waals surface area contributed by atoms with Gasteiger partial charge >= 0.3 is 5.97 Å². The van der Waals surface area contributed by atoms with E-state index >= 15 is 0 Å². The molecule has 9 nitrogen and oxygen atoms in total. The average Bonchev–Trinajstić information content (AvgIpc) is 3.21. The first kappa shape index (κ1) is 27.8. The minimum Gasteiger partial charge on any atom is -0.507 e. The van der Waals surface area contributed by atoms with Crippen molar-refractivity contribution in [3.05, 3.63) is 86.9 Å². The number of nitrogens with zero attached hydrogens (tertiary/aromatic N) is 1. The summed E-state index contributed by atoms with van der Waals surface area (Å²) in [6.45, 7) is 0. The van der Waals surface area contributed by atoms with Crippen LogP contribution in [0.1, 0.15) is 27.5 Å². The fourth-order valence-corrected chi connectivity index (χ4v) is 5.14. The van der Waals surface area contributed by atoms with E-state index in [2.05, 4.69) is 0 Å². The van der Waals surface area contributed by atoms with Gasteiger partial charge in [-0.05, 0) is 36.4 Å². The van der Waals surface area contributed by atoms with Gasteiger partial charge in [0.15, 0.2) is 11.5 Å². The molecule has 1 atom stereocenters. The number of hydrogen-bond donors (Lipinski definition) is 1. The van der Waals surface area contributed by atoms with Gasteiger partial charge in [0.2, 0.25) is 0 Å². The minimum absolute atomic E-state index is 0.0113. The summed E-state index contributed by atoms with van der Waals surface area (Å²) in [5.74, 6) is -2.55. The monoisotopic (exact) mass is 571 g/mol. The summed E-state index contributed by atoms with van der Waals surface area (Å²) in [4.78, 5) is 40.2. The Morgan fingerprint density at radius 2 is 1.54 bits per heavy atom. The van der Waals surface area contributed by atoms with Gasteiger partial charge in [0.05, 0.1) is 56.2 Å². The van der Waals surface area contributed by atoms with E-state index in [0.717, 1.165) is 0 Å². The first-order valence-electron chi connectivity index (χ1n) is 11.4. The molecule has 11 heteroatoms. The highest BCUT2D eigenvalue weighted by molar-refractivity contribution is 6.52. The van der Waals surface area contributed by atoms with Crippen LogP contribution < -0.4 is 19.1 Å². The highest BCUT2D eigenvalue weighted by Crippen LogP contribution is 2.49. The summed E-state index contributed by atoms with van der Waals surface area (Å²) in [5, 5.41) is 11.6. The predicted octanol–water partition coefficient (Wildman–Crippen LogP) is 5.43. The number of amides is 1. The molecule has 0 saturated carbocycles. The van der Waals surface area contributed by atoms with E-state index in [9.17, 15) is 19.5 Å². The second kappa shape index (κ2) is 11.3. The lowest BCUT2D eigenvalue weighted by atomic mass is 9.94. The molecule has 202 valence electrons. The van der Waals surface area contributed by atoms with Crippen LogP contribution in [0.3, 0.4) is 0 Å². The number of halogens is 2. The summed E-state index contributed by atoms with van der Waals surface area (Å²) in [7, 11) is 5.39. The third-order valence-electron chi connectivity index (χ3n) is 6.24. The topological polar surface area (TPSA) is 112 Å². The molecule has 0 radical (unpaired) electrons. The Hall–Kier alpha value is -4.21. The summed E-state index contributed by atoms with van der Waals surface area (Å²) in [6.07, 6.45) is 0. The third kappa shape index (κ3) is 4.75. The zero-order valence-electron chi connectivity index (χ0n) is 21.3. The molecule has 0 aliphatic carbocycles. The van der Waals surface area contributed by atoms with Gasteiger partial charge in [0, 0.05) is 11.3 Å². The van der Waals surface area contributed by atoms with Crippen molar-refractivity contribution >= 4 is 52.3 Å². The Labute approximate surface area is 234 Å². The molecule has 1 N–H and O–H groups in total. The number of rotatable bonds is 7. The van der Waals surface area contributed by atoms with Gasteiger partial charge in [-0.2, -0.15) is 0 Å². The molecule has 1 aliphatic heterocycles.